The minimum atomic E-state index is 0.832. The second kappa shape index (κ2) is 3.97. The first-order valence-corrected chi connectivity index (χ1v) is 4.49. The fourth-order valence-electron chi connectivity index (χ4n) is 1.38. The monoisotopic (exact) mass is 186 g/mol. The van der Waals surface area contributed by atoms with Crippen molar-refractivity contribution in [2.75, 3.05) is 5.73 Å². The summed E-state index contributed by atoms with van der Waals surface area (Å²) in [6.45, 7) is 5.88. The Balaban J connectivity index is 3.27. The lowest BCUT2D eigenvalue weighted by molar-refractivity contribution is 1.36. The van der Waals surface area contributed by atoms with Crippen LogP contribution in [-0.4, -0.2) is 0 Å². The fourth-order valence-corrected chi connectivity index (χ4v) is 1.38. The van der Waals surface area contributed by atoms with Gasteiger partial charge in [0.1, 0.15) is 0 Å². The van der Waals surface area contributed by atoms with Crippen molar-refractivity contribution in [2.24, 2.45) is 0 Å². The maximum atomic E-state index is 8.54. The van der Waals surface area contributed by atoms with E-state index < -0.39 is 0 Å². The molecule has 1 aromatic rings. The summed E-state index contributed by atoms with van der Waals surface area (Å²) >= 11 is 0. The molecule has 0 aliphatic carbocycles. The molecule has 72 valence electrons. The molecular formula is C12H14N2. The van der Waals surface area contributed by atoms with Gasteiger partial charge in [-0.05, 0) is 55.2 Å². The van der Waals surface area contributed by atoms with Crippen LogP contribution in [0.25, 0.3) is 5.57 Å². The summed E-state index contributed by atoms with van der Waals surface area (Å²) in [7, 11) is 0. The van der Waals surface area contributed by atoms with Gasteiger partial charge in [0, 0.05) is 11.8 Å². The van der Waals surface area contributed by atoms with Gasteiger partial charge in [-0.15, -0.1) is 0 Å². The Labute approximate surface area is 84.7 Å². The lowest BCUT2D eigenvalue weighted by Gasteiger charge is -2.08. The van der Waals surface area contributed by atoms with Crippen LogP contribution >= 0.6 is 0 Å². The lowest BCUT2D eigenvalue weighted by Crippen LogP contribution is -1.95. The number of aryl methyl sites for hydroxylation is 2. The molecule has 0 fully saturated rings. The van der Waals surface area contributed by atoms with Crippen LogP contribution in [0.15, 0.2) is 18.2 Å². The molecule has 2 nitrogen and oxygen atoms in total. The Morgan fingerprint density at radius 1 is 1.36 bits per heavy atom. The third-order valence-electron chi connectivity index (χ3n) is 2.33. The lowest BCUT2D eigenvalue weighted by atomic mass is 10.00. The van der Waals surface area contributed by atoms with Crippen LogP contribution < -0.4 is 5.73 Å². The molecule has 0 aliphatic heterocycles. The Bertz CT molecular complexity index is 399. The van der Waals surface area contributed by atoms with E-state index in [-0.39, 0.29) is 0 Å². The van der Waals surface area contributed by atoms with E-state index in [1.807, 2.05) is 39.0 Å². The van der Waals surface area contributed by atoms with E-state index in [1.165, 1.54) is 0 Å². The SMILES string of the molecule is C/C(=C/C#N)c1cc(C)c(N)c(C)c1. The van der Waals surface area contributed by atoms with Gasteiger partial charge in [0.05, 0.1) is 6.07 Å². The van der Waals surface area contributed by atoms with Gasteiger partial charge in [0.15, 0.2) is 0 Å². The van der Waals surface area contributed by atoms with Crippen molar-refractivity contribution in [3.63, 3.8) is 0 Å². The molecular weight excluding hydrogens is 172 g/mol. The van der Waals surface area contributed by atoms with Crippen molar-refractivity contribution < 1.29 is 0 Å². The second-order valence-corrected chi connectivity index (χ2v) is 3.48. The number of rotatable bonds is 1. The summed E-state index contributed by atoms with van der Waals surface area (Å²) in [4.78, 5) is 0. The molecule has 0 aromatic heterocycles. The minimum absolute atomic E-state index is 0.832. The smallest absolute Gasteiger partial charge is 0.0915 e. The van der Waals surface area contributed by atoms with Gasteiger partial charge in [0.25, 0.3) is 0 Å². The van der Waals surface area contributed by atoms with Gasteiger partial charge in [-0.25, -0.2) is 0 Å². The van der Waals surface area contributed by atoms with Crippen molar-refractivity contribution in [1.82, 2.24) is 0 Å². The topological polar surface area (TPSA) is 49.8 Å². The molecule has 0 bridgehead atoms. The molecule has 0 heterocycles. The number of nitriles is 1. The average molecular weight is 186 g/mol. The number of nitrogens with two attached hydrogens (primary N) is 1. The molecule has 14 heavy (non-hydrogen) atoms. The van der Waals surface area contributed by atoms with Crippen molar-refractivity contribution in [2.45, 2.75) is 20.8 Å². The number of hydrogen-bond acceptors (Lipinski definition) is 2. The van der Waals surface area contributed by atoms with Gasteiger partial charge in [-0.3, -0.25) is 0 Å². The van der Waals surface area contributed by atoms with E-state index >= 15 is 0 Å². The highest BCUT2D eigenvalue weighted by Crippen LogP contribution is 2.23. The van der Waals surface area contributed by atoms with Crippen molar-refractivity contribution in [3.8, 4) is 6.07 Å². The van der Waals surface area contributed by atoms with Gasteiger partial charge < -0.3 is 5.73 Å². The molecule has 0 unspecified atom stereocenters. The zero-order valence-corrected chi connectivity index (χ0v) is 8.76. The summed E-state index contributed by atoms with van der Waals surface area (Å²) in [5.41, 5.74) is 10.8. The van der Waals surface area contributed by atoms with Crippen LogP contribution in [-0.2, 0) is 0 Å². The van der Waals surface area contributed by atoms with Crippen LogP contribution in [0.5, 0.6) is 0 Å². The zero-order valence-electron chi connectivity index (χ0n) is 8.76. The molecule has 0 amide bonds. The summed E-state index contributed by atoms with van der Waals surface area (Å²) in [5, 5.41) is 8.54. The Morgan fingerprint density at radius 2 is 1.86 bits per heavy atom. The van der Waals surface area contributed by atoms with E-state index in [2.05, 4.69) is 0 Å². The quantitative estimate of drug-likeness (QED) is 0.541. The highest BCUT2D eigenvalue weighted by Gasteiger charge is 2.02. The molecule has 2 N–H and O–H groups in total. The Hall–Kier alpha value is -1.75. The Morgan fingerprint density at radius 3 is 2.29 bits per heavy atom. The summed E-state index contributed by atoms with van der Waals surface area (Å²) in [6, 6.07) is 6.04. The molecule has 1 rings (SSSR count). The van der Waals surface area contributed by atoms with E-state index in [1.54, 1.807) is 6.08 Å². The van der Waals surface area contributed by atoms with Gasteiger partial charge in [-0.1, -0.05) is 0 Å². The molecule has 1 aromatic carbocycles. The van der Waals surface area contributed by atoms with Crippen LogP contribution in [0.1, 0.15) is 23.6 Å². The zero-order chi connectivity index (χ0) is 10.7. The molecule has 0 aliphatic rings. The van der Waals surface area contributed by atoms with Gasteiger partial charge in [0.2, 0.25) is 0 Å². The van der Waals surface area contributed by atoms with Crippen molar-refractivity contribution in [1.29, 1.82) is 5.26 Å². The van der Waals surface area contributed by atoms with Crippen LogP contribution in [0.4, 0.5) is 5.69 Å². The van der Waals surface area contributed by atoms with E-state index in [0.29, 0.717) is 0 Å². The van der Waals surface area contributed by atoms with Crippen LogP contribution in [0.2, 0.25) is 0 Å². The number of benzene rings is 1. The average Bonchev–Trinajstić information content (AvgIpc) is 2.13. The Kier molecular flexibility index (Phi) is 2.93. The summed E-state index contributed by atoms with van der Waals surface area (Å²) < 4.78 is 0. The number of hydrogen-bond donors (Lipinski definition) is 1. The number of nitrogen functional groups attached to an aromatic ring is 1. The van der Waals surface area contributed by atoms with Crippen molar-refractivity contribution in [3.05, 3.63) is 34.9 Å². The van der Waals surface area contributed by atoms with Crippen molar-refractivity contribution >= 4 is 11.3 Å². The maximum Gasteiger partial charge on any atom is 0.0915 e. The highest BCUT2D eigenvalue weighted by molar-refractivity contribution is 5.70. The number of anilines is 1. The molecule has 0 saturated heterocycles. The molecule has 0 atom stereocenters. The third-order valence-corrected chi connectivity index (χ3v) is 2.33. The van der Waals surface area contributed by atoms with Gasteiger partial charge in [-0.2, -0.15) is 5.26 Å². The van der Waals surface area contributed by atoms with Gasteiger partial charge >= 0.3 is 0 Å². The molecule has 0 radical (unpaired) electrons. The highest BCUT2D eigenvalue weighted by atomic mass is 14.6. The minimum Gasteiger partial charge on any atom is -0.398 e. The predicted molar refractivity (Wildman–Crippen MR) is 59.6 cm³/mol. The van der Waals surface area contributed by atoms with Crippen LogP contribution in [0, 0.1) is 25.2 Å². The molecule has 0 saturated carbocycles. The molecule has 0 spiro atoms. The predicted octanol–water partition coefficient (Wildman–Crippen LogP) is 2.81. The number of nitrogens with zero attached hydrogens (tertiary/aromatic N) is 1. The van der Waals surface area contributed by atoms with E-state index in [0.717, 1.165) is 28.0 Å². The fraction of sp³-hybridized carbons (Fsp3) is 0.250. The van der Waals surface area contributed by atoms with E-state index in [4.69, 9.17) is 11.0 Å². The first-order valence-electron chi connectivity index (χ1n) is 4.49. The normalized spacial score (nSPS) is 11.1. The second-order valence-electron chi connectivity index (χ2n) is 3.48. The third kappa shape index (κ3) is 1.94. The summed E-state index contributed by atoms with van der Waals surface area (Å²) in [6.07, 6.45) is 1.55. The number of allylic oxidation sites excluding steroid dienone is 2. The first kappa shape index (κ1) is 10.3. The van der Waals surface area contributed by atoms with Crippen LogP contribution in [0.3, 0.4) is 0 Å². The maximum absolute atomic E-state index is 8.54. The summed E-state index contributed by atoms with van der Waals surface area (Å²) in [5.74, 6) is 0. The largest absolute Gasteiger partial charge is 0.398 e. The standard InChI is InChI=1S/C12H14N2/c1-8(4-5-13)11-6-9(2)12(14)10(3)7-11/h4,6-7H,14H2,1-3H3/b8-4-. The van der Waals surface area contributed by atoms with E-state index in [9.17, 15) is 0 Å². The first-order chi connectivity index (χ1) is 6.56. The molecule has 2 heteroatoms.